The van der Waals surface area contributed by atoms with Gasteiger partial charge in [0, 0.05) is 18.1 Å². The summed E-state index contributed by atoms with van der Waals surface area (Å²) in [5.41, 5.74) is 2.40. The van der Waals surface area contributed by atoms with Crippen molar-refractivity contribution in [3.05, 3.63) is 69.8 Å². The fourth-order valence-corrected chi connectivity index (χ4v) is 3.46. The average molecular weight is 341 g/mol. The number of rotatable bonds is 4. The molecule has 0 bridgehead atoms. The summed E-state index contributed by atoms with van der Waals surface area (Å²) < 4.78 is 0. The molecule has 1 fully saturated rings. The molecular weight excluding hydrogens is 326 g/mol. The van der Waals surface area contributed by atoms with Crippen LogP contribution in [0.5, 0.6) is 0 Å². The molecule has 0 unspecified atom stereocenters. The van der Waals surface area contributed by atoms with Crippen LogP contribution < -0.4 is 5.32 Å². The zero-order valence-electron chi connectivity index (χ0n) is 12.9. The number of carbonyl (C=O) groups is 1. The normalized spacial score (nSPS) is 18.6. The summed E-state index contributed by atoms with van der Waals surface area (Å²) >= 11 is 1.30. The highest BCUT2D eigenvalue weighted by molar-refractivity contribution is 8.15. The summed E-state index contributed by atoms with van der Waals surface area (Å²) in [4.78, 5) is 27.3. The standard InChI is InChI=1S/C17H15N3O3S/c1-11-6-2-4-8-13(11)18-17-19-16(21)15(24-17)10-12-7-3-5-9-14(12)20(22)23/h2-9,15H,10H2,1H3,(H,18,19,21)/t15-/m1/s1. The molecule has 2 aromatic rings. The van der Waals surface area contributed by atoms with Gasteiger partial charge in [0.2, 0.25) is 5.91 Å². The van der Waals surface area contributed by atoms with Crippen LogP contribution >= 0.6 is 11.8 Å². The number of aliphatic imine (C=N–C) groups is 1. The number of aryl methyl sites for hydroxylation is 1. The summed E-state index contributed by atoms with van der Waals surface area (Å²) in [6.45, 7) is 1.95. The van der Waals surface area contributed by atoms with E-state index in [4.69, 9.17) is 0 Å². The average Bonchev–Trinajstić information content (AvgIpc) is 2.89. The number of carbonyl (C=O) groups excluding carboxylic acids is 1. The van der Waals surface area contributed by atoms with E-state index >= 15 is 0 Å². The maximum Gasteiger partial charge on any atom is 0.272 e. The Morgan fingerprint density at radius 3 is 2.67 bits per heavy atom. The SMILES string of the molecule is Cc1ccccc1N=C1NC(=O)[C@@H](Cc2ccccc2[N+](=O)[O-])S1. The van der Waals surface area contributed by atoms with Gasteiger partial charge in [-0.25, -0.2) is 4.99 Å². The molecule has 6 nitrogen and oxygen atoms in total. The quantitative estimate of drug-likeness (QED) is 0.682. The van der Waals surface area contributed by atoms with Gasteiger partial charge in [-0.3, -0.25) is 14.9 Å². The molecule has 0 radical (unpaired) electrons. The Morgan fingerprint density at radius 1 is 1.21 bits per heavy atom. The van der Waals surface area contributed by atoms with E-state index < -0.39 is 10.2 Å². The molecule has 0 aliphatic carbocycles. The topological polar surface area (TPSA) is 84.6 Å². The lowest BCUT2D eigenvalue weighted by atomic mass is 10.1. The van der Waals surface area contributed by atoms with Crippen molar-refractivity contribution in [3.8, 4) is 0 Å². The summed E-state index contributed by atoms with van der Waals surface area (Å²) in [5.74, 6) is -0.175. The monoisotopic (exact) mass is 341 g/mol. The third-order valence-corrected chi connectivity index (χ3v) is 4.79. The summed E-state index contributed by atoms with van der Waals surface area (Å²) in [6, 6.07) is 14.1. The molecule has 1 saturated heterocycles. The third-order valence-electron chi connectivity index (χ3n) is 3.71. The summed E-state index contributed by atoms with van der Waals surface area (Å²) in [7, 11) is 0. The molecule has 24 heavy (non-hydrogen) atoms. The van der Waals surface area contributed by atoms with E-state index in [0.717, 1.165) is 11.3 Å². The largest absolute Gasteiger partial charge is 0.304 e. The lowest BCUT2D eigenvalue weighted by Gasteiger charge is -2.06. The summed E-state index contributed by atoms with van der Waals surface area (Å²) in [6.07, 6.45) is 0.292. The van der Waals surface area contributed by atoms with Crippen molar-refractivity contribution in [1.29, 1.82) is 0 Å². The van der Waals surface area contributed by atoms with Gasteiger partial charge in [0.25, 0.3) is 5.69 Å². The first-order valence-corrected chi connectivity index (χ1v) is 8.26. The summed E-state index contributed by atoms with van der Waals surface area (Å²) in [5, 5.41) is 14.0. The maximum atomic E-state index is 12.2. The van der Waals surface area contributed by atoms with E-state index in [2.05, 4.69) is 10.3 Å². The number of nitro benzene ring substituents is 1. The van der Waals surface area contributed by atoms with Gasteiger partial charge in [-0.2, -0.15) is 0 Å². The van der Waals surface area contributed by atoms with Gasteiger partial charge in [-0.05, 0) is 18.6 Å². The molecule has 0 saturated carbocycles. The van der Waals surface area contributed by atoms with E-state index in [9.17, 15) is 14.9 Å². The Morgan fingerprint density at radius 2 is 1.92 bits per heavy atom. The molecule has 0 aromatic heterocycles. The number of nitrogens with zero attached hydrogens (tertiary/aromatic N) is 2. The number of benzene rings is 2. The van der Waals surface area contributed by atoms with Crippen LogP contribution in [-0.2, 0) is 11.2 Å². The van der Waals surface area contributed by atoms with Crippen LogP contribution in [0.1, 0.15) is 11.1 Å². The fraction of sp³-hybridized carbons (Fsp3) is 0.176. The Bertz CT molecular complexity index is 835. The number of amides is 1. The van der Waals surface area contributed by atoms with Crippen molar-refractivity contribution in [2.24, 2.45) is 4.99 Å². The first-order chi connectivity index (χ1) is 11.5. The Kier molecular flexibility index (Phi) is 4.61. The van der Waals surface area contributed by atoms with Crippen LogP contribution in [0.15, 0.2) is 53.5 Å². The number of nitro groups is 1. The molecule has 2 aromatic carbocycles. The van der Waals surface area contributed by atoms with Crippen molar-refractivity contribution in [2.45, 2.75) is 18.6 Å². The van der Waals surface area contributed by atoms with E-state index in [1.165, 1.54) is 17.8 Å². The number of para-hydroxylation sites is 2. The van der Waals surface area contributed by atoms with Crippen LogP contribution in [-0.4, -0.2) is 21.2 Å². The second kappa shape index (κ2) is 6.84. The van der Waals surface area contributed by atoms with Gasteiger partial charge < -0.3 is 5.32 Å². The third kappa shape index (κ3) is 3.46. The fourth-order valence-electron chi connectivity index (χ4n) is 2.45. The van der Waals surface area contributed by atoms with Gasteiger partial charge in [-0.1, -0.05) is 48.2 Å². The van der Waals surface area contributed by atoms with Crippen molar-refractivity contribution in [3.63, 3.8) is 0 Å². The van der Waals surface area contributed by atoms with Crippen LogP contribution in [0.3, 0.4) is 0 Å². The number of amidine groups is 1. The lowest BCUT2D eigenvalue weighted by molar-refractivity contribution is -0.385. The highest BCUT2D eigenvalue weighted by atomic mass is 32.2. The van der Waals surface area contributed by atoms with Crippen molar-refractivity contribution in [2.75, 3.05) is 0 Å². The highest BCUT2D eigenvalue weighted by Gasteiger charge is 2.32. The molecule has 1 amide bonds. The molecule has 7 heteroatoms. The minimum Gasteiger partial charge on any atom is -0.304 e. The molecule has 122 valence electrons. The second-order valence-electron chi connectivity index (χ2n) is 5.39. The molecule has 1 atom stereocenters. The van der Waals surface area contributed by atoms with Crippen molar-refractivity contribution >= 4 is 34.2 Å². The zero-order valence-corrected chi connectivity index (χ0v) is 13.7. The maximum absolute atomic E-state index is 12.2. The smallest absolute Gasteiger partial charge is 0.272 e. The van der Waals surface area contributed by atoms with Gasteiger partial charge in [-0.15, -0.1) is 0 Å². The molecular formula is C17H15N3O3S. The first kappa shape index (κ1) is 16.2. The molecule has 1 heterocycles. The molecule has 3 rings (SSSR count). The van der Waals surface area contributed by atoms with Crippen LogP contribution in [0, 0.1) is 17.0 Å². The van der Waals surface area contributed by atoms with Gasteiger partial charge in [0.05, 0.1) is 15.9 Å². The van der Waals surface area contributed by atoms with Crippen molar-refractivity contribution in [1.82, 2.24) is 5.32 Å². The van der Waals surface area contributed by atoms with Gasteiger partial charge in [0.1, 0.15) is 0 Å². The lowest BCUT2D eigenvalue weighted by Crippen LogP contribution is -2.26. The van der Waals surface area contributed by atoms with E-state index in [1.54, 1.807) is 18.2 Å². The Hall–Kier alpha value is -2.67. The number of hydrogen-bond acceptors (Lipinski definition) is 5. The number of thioether (sulfide) groups is 1. The molecule has 1 N–H and O–H groups in total. The number of nitrogens with one attached hydrogen (secondary N) is 1. The Balaban J connectivity index is 1.79. The minimum atomic E-state index is -0.422. The Labute approximate surface area is 143 Å². The van der Waals surface area contributed by atoms with Gasteiger partial charge >= 0.3 is 0 Å². The highest BCUT2D eigenvalue weighted by Crippen LogP contribution is 2.29. The minimum absolute atomic E-state index is 0.0372. The van der Waals surface area contributed by atoms with Crippen LogP contribution in [0.4, 0.5) is 11.4 Å². The van der Waals surface area contributed by atoms with E-state index in [-0.39, 0.29) is 11.6 Å². The van der Waals surface area contributed by atoms with Crippen molar-refractivity contribution < 1.29 is 9.72 Å². The molecule has 1 aliphatic rings. The predicted molar refractivity (Wildman–Crippen MR) is 94.6 cm³/mol. The zero-order chi connectivity index (χ0) is 17.1. The van der Waals surface area contributed by atoms with Crippen LogP contribution in [0.25, 0.3) is 0 Å². The molecule has 1 aliphatic heterocycles. The van der Waals surface area contributed by atoms with E-state index in [1.807, 2.05) is 31.2 Å². The van der Waals surface area contributed by atoms with Crippen LogP contribution in [0.2, 0.25) is 0 Å². The number of hydrogen-bond donors (Lipinski definition) is 1. The first-order valence-electron chi connectivity index (χ1n) is 7.39. The van der Waals surface area contributed by atoms with E-state index in [0.29, 0.717) is 17.2 Å². The predicted octanol–water partition coefficient (Wildman–Crippen LogP) is 3.37. The molecule has 0 spiro atoms. The second-order valence-corrected chi connectivity index (χ2v) is 6.58. The van der Waals surface area contributed by atoms with Gasteiger partial charge in [0.15, 0.2) is 5.17 Å².